The minimum Gasteiger partial charge on any atom is -0.399 e. The topological polar surface area (TPSA) is 47.1 Å². The highest BCUT2D eigenvalue weighted by Crippen LogP contribution is 2.31. The molecule has 21 heavy (non-hydrogen) atoms. The molecule has 2 aromatic carbocycles. The van der Waals surface area contributed by atoms with Crippen molar-refractivity contribution in [1.82, 2.24) is 9.78 Å². The van der Waals surface area contributed by atoms with Gasteiger partial charge in [-0.05, 0) is 36.2 Å². The van der Waals surface area contributed by atoms with Gasteiger partial charge >= 0.3 is 0 Å². The van der Waals surface area contributed by atoms with Gasteiger partial charge in [0.15, 0.2) is 0 Å². The molecular formula is C17H18N4. The van der Waals surface area contributed by atoms with E-state index in [-0.39, 0.29) is 0 Å². The zero-order chi connectivity index (χ0) is 14.4. The smallest absolute Gasteiger partial charge is 0.0896 e. The van der Waals surface area contributed by atoms with Crippen LogP contribution in [-0.2, 0) is 20.0 Å². The SMILES string of the molecule is Cn1nc(CN2CCc3cc(N)ccc32)c2ccccc21. The number of fused-ring (bicyclic) bond motifs is 2. The van der Waals surface area contributed by atoms with Gasteiger partial charge in [-0.25, -0.2) is 0 Å². The van der Waals surface area contributed by atoms with Crippen LogP contribution in [0.3, 0.4) is 0 Å². The van der Waals surface area contributed by atoms with E-state index in [4.69, 9.17) is 10.8 Å². The Balaban J connectivity index is 1.71. The largest absolute Gasteiger partial charge is 0.399 e. The van der Waals surface area contributed by atoms with E-state index in [0.29, 0.717) is 0 Å². The number of rotatable bonds is 2. The highest BCUT2D eigenvalue weighted by molar-refractivity contribution is 5.82. The predicted octanol–water partition coefficient (Wildman–Crippen LogP) is 2.72. The second-order valence-electron chi connectivity index (χ2n) is 5.65. The standard InChI is InChI=1S/C17H18N4/c1-20-17-5-3-2-4-14(17)15(19-20)11-21-9-8-12-10-13(18)6-7-16(12)21/h2-7,10H,8-9,11,18H2,1H3. The molecule has 0 bridgehead atoms. The summed E-state index contributed by atoms with van der Waals surface area (Å²) in [6.07, 6.45) is 1.06. The molecule has 2 heterocycles. The molecule has 1 aromatic heterocycles. The molecule has 1 aliphatic heterocycles. The highest BCUT2D eigenvalue weighted by atomic mass is 15.3. The number of anilines is 2. The van der Waals surface area contributed by atoms with Crippen LogP contribution < -0.4 is 10.6 Å². The minimum absolute atomic E-state index is 0.846. The Labute approximate surface area is 123 Å². The summed E-state index contributed by atoms with van der Waals surface area (Å²) in [5.74, 6) is 0. The van der Waals surface area contributed by atoms with E-state index in [1.807, 2.05) is 17.8 Å². The Morgan fingerprint density at radius 1 is 1.19 bits per heavy atom. The van der Waals surface area contributed by atoms with Crippen molar-refractivity contribution in [3.63, 3.8) is 0 Å². The third kappa shape index (κ3) is 1.95. The number of nitrogen functional groups attached to an aromatic ring is 1. The monoisotopic (exact) mass is 278 g/mol. The van der Waals surface area contributed by atoms with Crippen LogP contribution in [0.2, 0.25) is 0 Å². The third-order valence-electron chi connectivity index (χ3n) is 4.27. The summed E-state index contributed by atoms with van der Waals surface area (Å²) in [5, 5.41) is 5.93. The number of aromatic nitrogens is 2. The first-order valence-corrected chi connectivity index (χ1v) is 7.26. The Hall–Kier alpha value is -2.49. The second kappa shape index (κ2) is 4.52. The molecule has 3 aromatic rings. The summed E-state index contributed by atoms with van der Waals surface area (Å²) in [5.41, 5.74) is 11.7. The maximum Gasteiger partial charge on any atom is 0.0896 e. The molecule has 0 spiro atoms. The summed E-state index contributed by atoms with van der Waals surface area (Å²) in [6, 6.07) is 14.6. The fraction of sp³-hybridized carbons (Fsp3) is 0.235. The van der Waals surface area contributed by atoms with Crippen molar-refractivity contribution >= 4 is 22.3 Å². The molecule has 0 saturated carbocycles. The number of hydrogen-bond donors (Lipinski definition) is 1. The Bertz CT molecular complexity index is 819. The van der Waals surface area contributed by atoms with E-state index in [1.165, 1.54) is 22.2 Å². The lowest BCUT2D eigenvalue weighted by Gasteiger charge is -2.18. The van der Waals surface area contributed by atoms with Crippen LogP contribution in [0.15, 0.2) is 42.5 Å². The maximum atomic E-state index is 5.87. The lowest BCUT2D eigenvalue weighted by Crippen LogP contribution is -2.20. The number of benzene rings is 2. The van der Waals surface area contributed by atoms with Gasteiger partial charge < -0.3 is 10.6 Å². The minimum atomic E-state index is 0.846. The maximum absolute atomic E-state index is 5.87. The first-order valence-electron chi connectivity index (χ1n) is 7.26. The van der Waals surface area contributed by atoms with Gasteiger partial charge in [-0.2, -0.15) is 5.10 Å². The molecule has 0 amide bonds. The zero-order valence-corrected chi connectivity index (χ0v) is 12.1. The van der Waals surface area contributed by atoms with Gasteiger partial charge in [-0.1, -0.05) is 18.2 Å². The van der Waals surface area contributed by atoms with Gasteiger partial charge in [0.25, 0.3) is 0 Å². The Kier molecular flexibility index (Phi) is 2.64. The molecule has 0 unspecified atom stereocenters. The number of para-hydroxylation sites is 1. The zero-order valence-electron chi connectivity index (χ0n) is 12.1. The van der Waals surface area contributed by atoms with Crippen molar-refractivity contribution in [2.45, 2.75) is 13.0 Å². The molecule has 0 radical (unpaired) electrons. The van der Waals surface area contributed by atoms with Crippen LogP contribution in [0.1, 0.15) is 11.3 Å². The van der Waals surface area contributed by atoms with E-state index in [1.54, 1.807) is 0 Å². The molecule has 2 N–H and O–H groups in total. The van der Waals surface area contributed by atoms with Gasteiger partial charge in [-0.3, -0.25) is 4.68 Å². The van der Waals surface area contributed by atoms with Gasteiger partial charge in [0.1, 0.15) is 0 Å². The van der Waals surface area contributed by atoms with Crippen LogP contribution in [0.5, 0.6) is 0 Å². The summed E-state index contributed by atoms with van der Waals surface area (Å²) >= 11 is 0. The van der Waals surface area contributed by atoms with Crippen molar-refractivity contribution in [3.05, 3.63) is 53.7 Å². The first-order chi connectivity index (χ1) is 10.2. The lowest BCUT2D eigenvalue weighted by atomic mass is 10.1. The van der Waals surface area contributed by atoms with Gasteiger partial charge in [0, 0.05) is 30.4 Å². The predicted molar refractivity (Wildman–Crippen MR) is 86.3 cm³/mol. The third-order valence-corrected chi connectivity index (χ3v) is 4.27. The molecule has 4 rings (SSSR count). The molecule has 0 fully saturated rings. The highest BCUT2D eigenvalue weighted by Gasteiger charge is 2.21. The van der Waals surface area contributed by atoms with E-state index in [0.717, 1.165) is 30.9 Å². The fourth-order valence-corrected chi connectivity index (χ4v) is 3.24. The normalized spacial score (nSPS) is 13.9. The van der Waals surface area contributed by atoms with Crippen LogP contribution in [0, 0.1) is 0 Å². The molecule has 106 valence electrons. The number of hydrogen-bond acceptors (Lipinski definition) is 3. The van der Waals surface area contributed by atoms with E-state index >= 15 is 0 Å². The molecule has 0 saturated heterocycles. The number of nitrogens with zero attached hydrogens (tertiary/aromatic N) is 3. The van der Waals surface area contributed by atoms with Crippen LogP contribution in [0.4, 0.5) is 11.4 Å². The molecular weight excluding hydrogens is 260 g/mol. The quantitative estimate of drug-likeness (QED) is 0.733. The van der Waals surface area contributed by atoms with Crippen LogP contribution >= 0.6 is 0 Å². The second-order valence-corrected chi connectivity index (χ2v) is 5.65. The van der Waals surface area contributed by atoms with Crippen LogP contribution in [-0.4, -0.2) is 16.3 Å². The fourth-order valence-electron chi connectivity index (χ4n) is 3.24. The molecule has 0 aliphatic carbocycles. The van der Waals surface area contributed by atoms with E-state index in [9.17, 15) is 0 Å². The van der Waals surface area contributed by atoms with Crippen molar-refractivity contribution in [2.24, 2.45) is 7.05 Å². The average Bonchev–Trinajstić information content (AvgIpc) is 3.02. The lowest BCUT2D eigenvalue weighted by molar-refractivity contribution is 0.741. The summed E-state index contributed by atoms with van der Waals surface area (Å²) in [4.78, 5) is 2.39. The van der Waals surface area contributed by atoms with Crippen LogP contribution in [0.25, 0.3) is 10.9 Å². The van der Waals surface area contributed by atoms with E-state index < -0.39 is 0 Å². The van der Waals surface area contributed by atoms with Crippen molar-refractivity contribution in [2.75, 3.05) is 17.2 Å². The van der Waals surface area contributed by atoms with Gasteiger partial charge in [0.05, 0.1) is 17.8 Å². The first kappa shape index (κ1) is 12.3. The summed E-state index contributed by atoms with van der Waals surface area (Å²) in [6.45, 7) is 1.88. The van der Waals surface area contributed by atoms with Crippen molar-refractivity contribution in [3.8, 4) is 0 Å². The number of nitrogens with two attached hydrogens (primary N) is 1. The molecule has 0 atom stereocenters. The van der Waals surface area contributed by atoms with Gasteiger partial charge in [-0.15, -0.1) is 0 Å². The van der Waals surface area contributed by atoms with Gasteiger partial charge in [0.2, 0.25) is 0 Å². The average molecular weight is 278 g/mol. The molecule has 4 heteroatoms. The van der Waals surface area contributed by atoms with E-state index in [2.05, 4.69) is 41.3 Å². The molecule has 1 aliphatic rings. The van der Waals surface area contributed by atoms with Crippen molar-refractivity contribution in [1.29, 1.82) is 0 Å². The number of aryl methyl sites for hydroxylation is 1. The van der Waals surface area contributed by atoms with Crippen molar-refractivity contribution < 1.29 is 0 Å². The summed E-state index contributed by atoms with van der Waals surface area (Å²) < 4.78 is 1.96. The Morgan fingerprint density at radius 2 is 2.05 bits per heavy atom. The Morgan fingerprint density at radius 3 is 2.95 bits per heavy atom. The summed E-state index contributed by atoms with van der Waals surface area (Å²) in [7, 11) is 2.00. The molecule has 4 nitrogen and oxygen atoms in total.